The van der Waals surface area contributed by atoms with E-state index >= 15 is 0 Å². The van der Waals surface area contributed by atoms with Crippen LogP contribution in [0.2, 0.25) is 0 Å². The second-order valence-corrected chi connectivity index (χ2v) is 3.98. The van der Waals surface area contributed by atoms with Gasteiger partial charge in [-0.3, -0.25) is 10.1 Å². The van der Waals surface area contributed by atoms with Crippen LogP contribution in [0.3, 0.4) is 0 Å². The van der Waals surface area contributed by atoms with Crippen molar-refractivity contribution in [2.75, 3.05) is 0 Å². The van der Waals surface area contributed by atoms with Crippen LogP contribution in [0.5, 0.6) is 5.75 Å². The molecule has 0 aliphatic carbocycles. The molecule has 0 amide bonds. The summed E-state index contributed by atoms with van der Waals surface area (Å²) < 4.78 is 5.53. The zero-order valence-electron chi connectivity index (χ0n) is 10.00. The van der Waals surface area contributed by atoms with Gasteiger partial charge in [0.1, 0.15) is 12.4 Å². The Labute approximate surface area is 105 Å². The van der Waals surface area contributed by atoms with Crippen molar-refractivity contribution in [3.05, 3.63) is 69.8 Å². The van der Waals surface area contributed by atoms with Gasteiger partial charge in [0, 0.05) is 5.56 Å². The number of nitro benzene ring substituents is 1. The van der Waals surface area contributed by atoms with E-state index in [1.807, 2.05) is 30.3 Å². The van der Waals surface area contributed by atoms with Crippen molar-refractivity contribution in [3.63, 3.8) is 0 Å². The summed E-state index contributed by atoms with van der Waals surface area (Å²) in [6.07, 6.45) is 0. The highest BCUT2D eigenvalue weighted by molar-refractivity contribution is 5.45. The average molecular weight is 243 g/mol. The maximum absolute atomic E-state index is 10.8. The van der Waals surface area contributed by atoms with Crippen molar-refractivity contribution in [2.45, 2.75) is 13.5 Å². The van der Waals surface area contributed by atoms with E-state index in [4.69, 9.17) is 4.74 Å². The summed E-state index contributed by atoms with van der Waals surface area (Å²) in [5.74, 6) is 0.510. The highest BCUT2D eigenvalue weighted by atomic mass is 16.6. The lowest BCUT2D eigenvalue weighted by Crippen LogP contribution is -1.97. The van der Waals surface area contributed by atoms with Crippen LogP contribution < -0.4 is 4.74 Å². The zero-order valence-corrected chi connectivity index (χ0v) is 10.00. The van der Waals surface area contributed by atoms with Gasteiger partial charge < -0.3 is 4.74 Å². The van der Waals surface area contributed by atoms with Crippen molar-refractivity contribution in [1.82, 2.24) is 0 Å². The SMILES string of the molecule is Cc1ccc(OCc2ccccc2)cc1[N+](=O)[O-]. The fourth-order valence-electron chi connectivity index (χ4n) is 1.62. The van der Waals surface area contributed by atoms with Crippen molar-refractivity contribution in [3.8, 4) is 5.75 Å². The molecule has 0 saturated carbocycles. The average Bonchev–Trinajstić information content (AvgIpc) is 2.38. The van der Waals surface area contributed by atoms with Crippen LogP contribution >= 0.6 is 0 Å². The molecule has 2 aromatic rings. The molecule has 4 nitrogen and oxygen atoms in total. The molecule has 0 atom stereocenters. The molecule has 0 saturated heterocycles. The third-order valence-electron chi connectivity index (χ3n) is 2.63. The molecule has 2 rings (SSSR count). The number of hydrogen-bond acceptors (Lipinski definition) is 3. The van der Waals surface area contributed by atoms with Gasteiger partial charge in [-0.15, -0.1) is 0 Å². The summed E-state index contributed by atoms with van der Waals surface area (Å²) in [7, 11) is 0. The van der Waals surface area contributed by atoms with E-state index in [1.165, 1.54) is 6.07 Å². The van der Waals surface area contributed by atoms with E-state index in [0.29, 0.717) is 17.9 Å². The lowest BCUT2D eigenvalue weighted by molar-refractivity contribution is -0.385. The molecule has 0 N–H and O–H groups in total. The van der Waals surface area contributed by atoms with E-state index in [2.05, 4.69) is 0 Å². The van der Waals surface area contributed by atoms with Gasteiger partial charge in [0.05, 0.1) is 11.0 Å². The van der Waals surface area contributed by atoms with Crippen molar-refractivity contribution in [2.24, 2.45) is 0 Å². The summed E-state index contributed by atoms with van der Waals surface area (Å²) >= 11 is 0. The number of hydrogen-bond donors (Lipinski definition) is 0. The Bertz CT molecular complexity index is 552. The Morgan fingerprint density at radius 2 is 1.89 bits per heavy atom. The molecular formula is C14H13NO3. The summed E-state index contributed by atoms with van der Waals surface area (Å²) in [4.78, 5) is 10.4. The highest BCUT2D eigenvalue weighted by Crippen LogP contribution is 2.24. The van der Waals surface area contributed by atoms with Crippen molar-refractivity contribution >= 4 is 5.69 Å². The van der Waals surface area contributed by atoms with Gasteiger partial charge in [-0.05, 0) is 24.6 Å². The molecule has 0 aromatic heterocycles. The predicted molar refractivity (Wildman–Crippen MR) is 68.6 cm³/mol. The van der Waals surface area contributed by atoms with E-state index < -0.39 is 4.92 Å². The molecule has 0 fully saturated rings. The third kappa shape index (κ3) is 2.85. The highest BCUT2D eigenvalue weighted by Gasteiger charge is 2.11. The Balaban J connectivity index is 2.11. The zero-order chi connectivity index (χ0) is 13.0. The van der Waals surface area contributed by atoms with E-state index in [0.717, 1.165) is 5.56 Å². The number of rotatable bonds is 4. The van der Waals surface area contributed by atoms with E-state index in [-0.39, 0.29) is 5.69 Å². The van der Waals surface area contributed by atoms with Crippen LogP contribution in [-0.4, -0.2) is 4.92 Å². The Kier molecular flexibility index (Phi) is 3.57. The molecule has 0 aliphatic heterocycles. The van der Waals surface area contributed by atoms with Crippen LogP contribution in [-0.2, 0) is 6.61 Å². The monoisotopic (exact) mass is 243 g/mol. The van der Waals surface area contributed by atoms with Crippen LogP contribution in [0.4, 0.5) is 5.69 Å². The normalized spacial score (nSPS) is 10.1. The van der Waals surface area contributed by atoms with Gasteiger partial charge >= 0.3 is 0 Å². The van der Waals surface area contributed by atoms with Gasteiger partial charge in [0.25, 0.3) is 5.69 Å². The molecule has 0 radical (unpaired) electrons. The first kappa shape index (κ1) is 12.1. The van der Waals surface area contributed by atoms with Gasteiger partial charge in [0.15, 0.2) is 0 Å². The van der Waals surface area contributed by atoms with Crippen molar-refractivity contribution < 1.29 is 9.66 Å². The van der Waals surface area contributed by atoms with Gasteiger partial charge in [-0.25, -0.2) is 0 Å². The molecule has 92 valence electrons. The van der Waals surface area contributed by atoms with Crippen LogP contribution in [0, 0.1) is 17.0 Å². The largest absolute Gasteiger partial charge is 0.489 e. The maximum atomic E-state index is 10.8. The number of nitrogens with zero attached hydrogens (tertiary/aromatic N) is 1. The molecule has 2 aromatic carbocycles. The standard InChI is InChI=1S/C14H13NO3/c1-11-7-8-13(9-14(11)15(16)17)18-10-12-5-3-2-4-6-12/h2-9H,10H2,1H3. The van der Waals surface area contributed by atoms with Crippen LogP contribution in [0.1, 0.15) is 11.1 Å². The summed E-state index contributed by atoms with van der Waals surface area (Å²) in [6.45, 7) is 2.11. The topological polar surface area (TPSA) is 52.4 Å². The fourth-order valence-corrected chi connectivity index (χ4v) is 1.62. The van der Waals surface area contributed by atoms with Gasteiger partial charge in [-0.1, -0.05) is 30.3 Å². The van der Waals surface area contributed by atoms with Crippen LogP contribution in [0.25, 0.3) is 0 Å². The van der Waals surface area contributed by atoms with Crippen LogP contribution in [0.15, 0.2) is 48.5 Å². The van der Waals surface area contributed by atoms with Gasteiger partial charge in [-0.2, -0.15) is 0 Å². The molecule has 4 heteroatoms. The van der Waals surface area contributed by atoms with Gasteiger partial charge in [0.2, 0.25) is 0 Å². The summed E-state index contributed by atoms with van der Waals surface area (Å²) in [5.41, 5.74) is 1.74. The molecule has 18 heavy (non-hydrogen) atoms. The number of benzene rings is 2. The first-order chi connectivity index (χ1) is 8.66. The summed E-state index contributed by atoms with van der Waals surface area (Å²) in [6, 6.07) is 14.6. The quantitative estimate of drug-likeness (QED) is 0.610. The Hall–Kier alpha value is -2.36. The minimum absolute atomic E-state index is 0.0839. The number of nitro groups is 1. The second-order valence-electron chi connectivity index (χ2n) is 3.98. The minimum Gasteiger partial charge on any atom is -0.489 e. The lowest BCUT2D eigenvalue weighted by atomic mass is 10.2. The predicted octanol–water partition coefficient (Wildman–Crippen LogP) is 3.48. The second kappa shape index (κ2) is 5.31. The molecular weight excluding hydrogens is 230 g/mol. The number of aryl methyl sites for hydroxylation is 1. The first-order valence-corrected chi connectivity index (χ1v) is 5.58. The lowest BCUT2D eigenvalue weighted by Gasteiger charge is -2.06. The molecule has 0 heterocycles. The maximum Gasteiger partial charge on any atom is 0.276 e. The fraction of sp³-hybridized carbons (Fsp3) is 0.143. The molecule has 0 unspecified atom stereocenters. The third-order valence-corrected chi connectivity index (χ3v) is 2.63. The first-order valence-electron chi connectivity index (χ1n) is 5.58. The molecule has 0 bridgehead atoms. The minimum atomic E-state index is -0.398. The Morgan fingerprint density at radius 1 is 1.17 bits per heavy atom. The molecule has 0 aliphatic rings. The van der Waals surface area contributed by atoms with E-state index in [9.17, 15) is 10.1 Å². The number of ether oxygens (including phenoxy) is 1. The Morgan fingerprint density at radius 3 is 2.56 bits per heavy atom. The van der Waals surface area contributed by atoms with Crippen molar-refractivity contribution in [1.29, 1.82) is 0 Å². The molecule has 0 spiro atoms. The van der Waals surface area contributed by atoms with E-state index in [1.54, 1.807) is 19.1 Å². The smallest absolute Gasteiger partial charge is 0.276 e. The summed E-state index contributed by atoms with van der Waals surface area (Å²) in [5, 5.41) is 10.8.